The number of aliphatic hydroxyl groups excluding tert-OH is 1. The van der Waals surface area contributed by atoms with Gasteiger partial charge in [-0.05, 0) is 12.8 Å². The van der Waals surface area contributed by atoms with E-state index in [0.717, 1.165) is 0 Å². The predicted molar refractivity (Wildman–Crippen MR) is 93.0 cm³/mol. The molecule has 24 heavy (non-hydrogen) atoms. The number of carbonyl (C=O) groups is 1. The summed E-state index contributed by atoms with van der Waals surface area (Å²) in [7, 11) is 1.46. The Morgan fingerprint density at radius 1 is 1.21 bits per heavy atom. The molecule has 0 saturated carbocycles. The number of hydrogen-bond donors (Lipinski definition) is 4. The first-order valence-electron chi connectivity index (χ1n) is 7.77. The second-order valence-corrected chi connectivity index (χ2v) is 6.18. The van der Waals surface area contributed by atoms with E-state index in [1.165, 1.54) is 19.5 Å². The van der Waals surface area contributed by atoms with Crippen LogP contribution in [-0.2, 0) is 4.79 Å². The van der Waals surface area contributed by atoms with Gasteiger partial charge >= 0.3 is 0 Å². The number of nitrogens with one attached hydrogen (secondary N) is 3. The minimum atomic E-state index is -1.18. The van der Waals surface area contributed by atoms with E-state index >= 15 is 0 Å². The van der Waals surface area contributed by atoms with Crippen LogP contribution in [0.3, 0.4) is 0 Å². The fraction of sp³-hybridized carbons (Fsp3) is 0.500. The summed E-state index contributed by atoms with van der Waals surface area (Å²) in [5.74, 6) is -0.987. The van der Waals surface area contributed by atoms with E-state index in [0.29, 0.717) is 0 Å². The van der Waals surface area contributed by atoms with Crippen molar-refractivity contribution in [2.75, 3.05) is 17.7 Å². The van der Waals surface area contributed by atoms with Gasteiger partial charge < -0.3 is 21.1 Å². The van der Waals surface area contributed by atoms with Crippen molar-refractivity contribution in [1.29, 1.82) is 0 Å². The maximum atomic E-state index is 11.8. The van der Waals surface area contributed by atoms with Crippen LogP contribution in [0.1, 0.15) is 20.8 Å². The Hall–Kier alpha value is -2.48. The Balaban J connectivity index is 2.20. The van der Waals surface area contributed by atoms with Crippen LogP contribution in [0.2, 0.25) is 0 Å². The highest BCUT2D eigenvalue weighted by atomic mass is 16.3. The first-order valence-corrected chi connectivity index (χ1v) is 7.77. The third kappa shape index (κ3) is 3.23. The third-order valence-corrected chi connectivity index (χ3v) is 4.22. The summed E-state index contributed by atoms with van der Waals surface area (Å²) < 4.78 is 0. The van der Waals surface area contributed by atoms with E-state index in [1.807, 2.05) is 20.8 Å². The molecule has 1 aromatic rings. The molecule has 8 heteroatoms. The minimum absolute atomic E-state index is 0.00394. The average Bonchev–Trinajstić information content (AvgIpc) is 2.57. The molecule has 0 fully saturated rings. The van der Waals surface area contributed by atoms with Crippen molar-refractivity contribution in [1.82, 2.24) is 5.32 Å². The number of aliphatic imine (C=N–C) groups is 1. The Morgan fingerprint density at radius 3 is 2.42 bits per heavy atom. The quantitative estimate of drug-likeness (QED) is 0.535. The van der Waals surface area contributed by atoms with E-state index in [1.54, 1.807) is 0 Å². The van der Waals surface area contributed by atoms with E-state index in [-0.39, 0.29) is 29.0 Å². The van der Waals surface area contributed by atoms with Crippen molar-refractivity contribution in [3.05, 3.63) is 32.3 Å². The van der Waals surface area contributed by atoms with Crippen LogP contribution in [0.25, 0.3) is 0 Å². The van der Waals surface area contributed by atoms with Crippen molar-refractivity contribution < 1.29 is 9.90 Å². The van der Waals surface area contributed by atoms with Crippen molar-refractivity contribution >= 4 is 23.5 Å². The van der Waals surface area contributed by atoms with Crippen LogP contribution in [-0.4, -0.2) is 36.4 Å². The average molecular weight is 334 g/mol. The zero-order chi connectivity index (χ0) is 18.0. The second kappa shape index (κ2) is 6.96. The maximum absolute atomic E-state index is 11.8. The molecule has 0 radical (unpaired) electrons. The number of anilines is 2. The highest BCUT2D eigenvalue weighted by molar-refractivity contribution is 5.95. The first-order chi connectivity index (χ1) is 11.3. The van der Waals surface area contributed by atoms with Gasteiger partial charge in [0.25, 0.3) is 10.9 Å². The third-order valence-electron chi connectivity index (χ3n) is 4.22. The van der Waals surface area contributed by atoms with Gasteiger partial charge in [-0.2, -0.15) is 0 Å². The molecule has 1 aromatic carbocycles. The van der Waals surface area contributed by atoms with E-state index in [4.69, 9.17) is 0 Å². The Bertz CT molecular complexity index is 759. The molecule has 130 valence electrons. The lowest BCUT2D eigenvalue weighted by atomic mass is 9.97. The lowest BCUT2D eigenvalue weighted by molar-refractivity contribution is -0.124. The smallest absolute Gasteiger partial charge is 0.253 e. The molecule has 0 aromatic heterocycles. The van der Waals surface area contributed by atoms with Gasteiger partial charge in [0, 0.05) is 25.5 Å². The van der Waals surface area contributed by atoms with Crippen LogP contribution in [0.15, 0.2) is 26.5 Å². The predicted octanol–water partition coefficient (Wildman–Crippen LogP) is -0.200. The van der Waals surface area contributed by atoms with Gasteiger partial charge in [0.15, 0.2) is 0 Å². The van der Waals surface area contributed by atoms with Gasteiger partial charge in [0.2, 0.25) is 5.91 Å². The Labute approximate surface area is 139 Å². The van der Waals surface area contributed by atoms with Gasteiger partial charge in [0.1, 0.15) is 23.4 Å². The van der Waals surface area contributed by atoms with Gasteiger partial charge in [-0.15, -0.1) is 0 Å². The molecule has 8 nitrogen and oxygen atoms in total. The normalized spacial score (nSPS) is 21.5. The number of aliphatic hydroxyl groups is 1. The van der Waals surface area contributed by atoms with Crippen LogP contribution in [0, 0.1) is 11.8 Å². The molecule has 1 amide bonds. The van der Waals surface area contributed by atoms with Crippen molar-refractivity contribution in [2.45, 2.75) is 32.9 Å². The molecule has 4 N–H and O–H groups in total. The van der Waals surface area contributed by atoms with Gasteiger partial charge in [-0.1, -0.05) is 13.8 Å². The highest BCUT2D eigenvalue weighted by Crippen LogP contribution is 2.23. The Morgan fingerprint density at radius 2 is 1.83 bits per heavy atom. The van der Waals surface area contributed by atoms with Crippen molar-refractivity contribution in [3.8, 4) is 0 Å². The molecule has 2 rings (SSSR count). The molecule has 1 aliphatic heterocycles. The zero-order valence-corrected chi connectivity index (χ0v) is 14.1. The van der Waals surface area contributed by atoms with E-state index in [2.05, 4.69) is 20.9 Å². The summed E-state index contributed by atoms with van der Waals surface area (Å²) in [5.41, 5.74) is -0.779. The summed E-state index contributed by atoms with van der Waals surface area (Å²) in [6, 6.07) is -0.00394. The van der Waals surface area contributed by atoms with Crippen molar-refractivity contribution in [3.63, 3.8) is 0 Å². The lowest BCUT2D eigenvalue weighted by Crippen LogP contribution is -2.43. The summed E-state index contributed by atoms with van der Waals surface area (Å²) >= 11 is 0. The minimum Gasteiger partial charge on any atom is -0.386 e. The second-order valence-electron chi connectivity index (χ2n) is 6.18. The summed E-state index contributed by atoms with van der Waals surface area (Å²) in [4.78, 5) is 39.3. The maximum Gasteiger partial charge on any atom is 0.253 e. The zero-order valence-electron chi connectivity index (χ0n) is 14.1. The summed E-state index contributed by atoms with van der Waals surface area (Å²) in [5, 5.41) is 18.5. The molecule has 0 aliphatic carbocycles. The highest BCUT2D eigenvalue weighted by Gasteiger charge is 2.32. The Kier molecular flexibility index (Phi) is 5.18. The van der Waals surface area contributed by atoms with E-state index < -0.39 is 28.8 Å². The SMILES string of the molecule is CNC(=O)C1C=NC=C(Nc2c(N[C@@H](C)C(C)C)c(=O)c2=O)C1O. The fourth-order valence-electron chi connectivity index (χ4n) is 2.24. The number of nitrogens with zero attached hydrogens (tertiary/aromatic N) is 1. The number of amides is 1. The molecular formula is C16H22N4O4. The standard InChI is InChI=1S/C16H22N4O4/c1-7(2)8(3)19-11-12(15(23)14(11)22)20-10-6-18-5-9(13(10)21)16(24)17-4/h5-9,13,19-21H,1-4H3,(H,17,24)/t8-,9?,13?/m0/s1. The van der Waals surface area contributed by atoms with Gasteiger partial charge in [-0.3, -0.25) is 19.4 Å². The molecule has 0 spiro atoms. The molecule has 2 unspecified atom stereocenters. The molecule has 1 heterocycles. The number of carbonyl (C=O) groups excluding carboxylic acids is 1. The molecule has 3 atom stereocenters. The molecule has 0 saturated heterocycles. The first kappa shape index (κ1) is 17.9. The molecular weight excluding hydrogens is 312 g/mol. The van der Waals surface area contributed by atoms with Gasteiger partial charge in [0.05, 0.1) is 5.70 Å². The summed E-state index contributed by atoms with van der Waals surface area (Å²) in [6.07, 6.45) is 1.48. The van der Waals surface area contributed by atoms with Crippen LogP contribution in [0.5, 0.6) is 0 Å². The molecule has 0 bridgehead atoms. The molecule has 1 aliphatic rings. The summed E-state index contributed by atoms with van der Waals surface area (Å²) in [6.45, 7) is 5.89. The van der Waals surface area contributed by atoms with Crippen LogP contribution in [0.4, 0.5) is 11.4 Å². The van der Waals surface area contributed by atoms with E-state index in [9.17, 15) is 19.5 Å². The largest absolute Gasteiger partial charge is 0.386 e. The topological polar surface area (TPSA) is 120 Å². The lowest BCUT2D eigenvalue weighted by Gasteiger charge is -2.26. The number of rotatable bonds is 6. The van der Waals surface area contributed by atoms with Gasteiger partial charge in [-0.25, -0.2) is 0 Å². The van der Waals surface area contributed by atoms with Crippen LogP contribution >= 0.6 is 0 Å². The monoisotopic (exact) mass is 334 g/mol. The van der Waals surface area contributed by atoms with Crippen LogP contribution < -0.4 is 26.8 Å². The van der Waals surface area contributed by atoms with Crippen molar-refractivity contribution in [2.24, 2.45) is 16.8 Å². The number of hydrogen-bond acceptors (Lipinski definition) is 7. The fourth-order valence-corrected chi connectivity index (χ4v) is 2.24.